The van der Waals surface area contributed by atoms with Gasteiger partial charge in [0.25, 0.3) is 0 Å². The second kappa shape index (κ2) is 3.29. The fraction of sp³-hybridized carbons (Fsp3) is 0.500. The second-order valence-corrected chi connectivity index (χ2v) is 1.74. The molecule has 0 aliphatic carbocycles. The van der Waals surface area contributed by atoms with Gasteiger partial charge in [-0.25, -0.2) is 4.79 Å². The van der Waals surface area contributed by atoms with E-state index >= 15 is 0 Å². The predicted octanol–water partition coefficient (Wildman–Crippen LogP) is 1.67. The maximum Gasteiger partial charge on any atom is 0.378 e. The van der Waals surface area contributed by atoms with Crippen LogP contribution in [-0.2, 0) is 4.79 Å². The zero-order valence-corrected chi connectivity index (χ0v) is 5.47. The van der Waals surface area contributed by atoms with Crippen LogP contribution in [0.4, 0.5) is 8.78 Å². The molecule has 1 N–H and O–H groups in total. The molecule has 0 saturated carbocycles. The van der Waals surface area contributed by atoms with Crippen LogP contribution in [0.2, 0.25) is 0 Å². The highest BCUT2D eigenvalue weighted by Gasteiger charge is 2.34. The van der Waals surface area contributed by atoms with Crippen molar-refractivity contribution in [1.29, 1.82) is 0 Å². The molecule has 0 aromatic heterocycles. The number of allylic oxidation sites excluding steroid dienone is 1. The van der Waals surface area contributed by atoms with Crippen molar-refractivity contribution in [1.82, 2.24) is 0 Å². The van der Waals surface area contributed by atoms with Crippen LogP contribution in [0.5, 0.6) is 0 Å². The molecule has 0 rings (SSSR count). The molecule has 10 heavy (non-hydrogen) atoms. The molecule has 0 saturated heterocycles. The maximum atomic E-state index is 12.0. The molecular formula is C6H8F2O2. The topological polar surface area (TPSA) is 37.3 Å². The van der Waals surface area contributed by atoms with Crippen molar-refractivity contribution in [3.63, 3.8) is 0 Å². The van der Waals surface area contributed by atoms with E-state index in [0.29, 0.717) is 12.5 Å². The molecule has 0 unspecified atom stereocenters. The first-order valence-corrected chi connectivity index (χ1v) is 2.79. The van der Waals surface area contributed by atoms with Gasteiger partial charge in [-0.3, -0.25) is 0 Å². The average Bonchev–Trinajstić information content (AvgIpc) is 1.84. The Labute approximate surface area is 57.2 Å². The SMILES string of the molecule is CC/C=C\C(F)(F)C(=O)O. The Kier molecular flexibility index (Phi) is 2.99. The van der Waals surface area contributed by atoms with Crippen LogP contribution in [0, 0.1) is 0 Å². The van der Waals surface area contributed by atoms with Crippen molar-refractivity contribution in [3.05, 3.63) is 12.2 Å². The van der Waals surface area contributed by atoms with Crippen molar-refractivity contribution in [2.75, 3.05) is 0 Å². The normalized spacial score (nSPS) is 12.3. The Balaban J connectivity index is 4.12. The molecule has 0 spiro atoms. The molecule has 0 fully saturated rings. The summed E-state index contributed by atoms with van der Waals surface area (Å²) >= 11 is 0. The fourth-order valence-corrected chi connectivity index (χ4v) is 0.337. The van der Waals surface area contributed by atoms with Crippen LogP contribution in [0.25, 0.3) is 0 Å². The lowest BCUT2D eigenvalue weighted by molar-refractivity contribution is -0.158. The minimum atomic E-state index is -3.71. The minimum absolute atomic E-state index is 0.384. The van der Waals surface area contributed by atoms with Crippen LogP contribution in [0.15, 0.2) is 12.2 Å². The van der Waals surface area contributed by atoms with Crippen LogP contribution in [0.3, 0.4) is 0 Å². The quantitative estimate of drug-likeness (QED) is 0.621. The smallest absolute Gasteiger partial charge is 0.378 e. The van der Waals surface area contributed by atoms with Crippen molar-refractivity contribution in [2.24, 2.45) is 0 Å². The van der Waals surface area contributed by atoms with E-state index in [1.807, 2.05) is 0 Å². The lowest BCUT2D eigenvalue weighted by atomic mass is 10.3. The third-order valence-electron chi connectivity index (χ3n) is 0.848. The number of hydrogen-bond acceptors (Lipinski definition) is 1. The minimum Gasteiger partial charge on any atom is -0.477 e. The monoisotopic (exact) mass is 150 g/mol. The van der Waals surface area contributed by atoms with Gasteiger partial charge in [-0.15, -0.1) is 0 Å². The molecule has 4 heteroatoms. The summed E-state index contributed by atoms with van der Waals surface area (Å²) in [4.78, 5) is 9.73. The van der Waals surface area contributed by atoms with E-state index in [0.717, 1.165) is 6.08 Å². The first-order valence-electron chi connectivity index (χ1n) is 2.79. The molecule has 58 valence electrons. The summed E-state index contributed by atoms with van der Waals surface area (Å²) < 4.78 is 24.1. The van der Waals surface area contributed by atoms with Gasteiger partial charge in [-0.05, 0) is 12.5 Å². The van der Waals surface area contributed by atoms with E-state index in [2.05, 4.69) is 0 Å². The number of hydrogen-bond donors (Lipinski definition) is 1. The summed E-state index contributed by atoms with van der Waals surface area (Å²) in [5.41, 5.74) is 0. The zero-order chi connectivity index (χ0) is 8.20. The van der Waals surface area contributed by atoms with Crippen LogP contribution < -0.4 is 0 Å². The van der Waals surface area contributed by atoms with Crippen molar-refractivity contribution >= 4 is 5.97 Å². The number of carboxylic acid groups (broad SMARTS) is 1. The van der Waals surface area contributed by atoms with Gasteiger partial charge in [0.2, 0.25) is 0 Å². The van der Waals surface area contributed by atoms with Gasteiger partial charge in [0.15, 0.2) is 0 Å². The van der Waals surface area contributed by atoms with Gasteiger partial charge in [0.1, 0.15) is 0 Å². The lowest BCUT2D eigenvalue weighted by Crippen LogP contribution is -2.24. The van der Waals surface area contributed by atoms with E-state index < -0.39 is 11.9 Å². The molecule has 0 amide bonds. The summed E-state index contributed by atoms with van der Waals surface area (Å²) in [5.74, 6) is -5.83. The van der Waals surface area contributed by atoms with Crippen molar-refractivity contribution < 1.29 is 18.7 Å². The predicted molar refractivity (Wildman–Crippen MR) is 32.0 cm³/mol. The highest BCUT2D eigenvalue weighted by atomic mass is 19.3. The summed E-state index contributed by atoms with van der Waals surface area (Å²) in [6.07, 6.45) is 1.91. The molecule has 0 aliphatic rings. The number of rotatable bonds is 3. The molecule has 0 bridgehead atoms. The zero-order valence-electron chi connectivity index (χ0n) is 5.47. The van der Waals surface area contributed by atoms with Gasteiger partial charge in [0, 0.05) is 0 Å². The van der Waals surface area contributed by atoms with E-state index in [9.17, 15) is 13.6 Å². The van der Waals surface area contributed by atoms with E-state index in [1.165, 1.54) is 0 Å². The van der Waals surface area contributed by atoms with E-state index in [-0.39, 0.29) is 0 Å². The number of halogens is 2. The Morgan fingerprint density at radius 1 is 1.70 bits per heavy atom. The molecular weight excluding hydrogens is 142 g/mol. The van der Waals surface area contributed by atoms with Crippen molar-refractivity contribution in [2.45, 2.75) is 19.3 Å². The number of alkyl halides is 2. The molecule has 0 atom stereocenters. The van der Waals surface area contributed by atoms with Crippen LogP contribution >= 0.6 is 0 Å². The first-order chi connectivity index (χ1) is 4.50. The number of carbonyl (C=O) groups is 1. The largest absolute Gasteiger partial charge is 0.477 e. The fourth-order valence-electron chi connectivity index (χ4n) is 0.337. The molecule has 2 nitrogen and oxygen atoms in total. The molecule has 0 radical (unpaired) electrons. The Morgan fingerprint density at radius 3 is 2.50 bits per heavy atom. The number of carboxylic acids is 1. The van der Waals surface area contributed by atoms with Gasteiger partial charge in [0.05, 0.1) is 0 Å². The molecule has 0 aromatic rings. The van der Waals surface area contributed by atoms with Gasteiger partial charge < -0.3 is 5.11 Å². The Hall–Kier alpha value is -0.930. The standard InChI is InChI=1S/C6H8F2O2/c1-2-3-4-6(7,8)5(9)10/h3-4H,2H2,1H3,(H,9,10)/b4-3-. The maximum absolute atomic E-state index is 12.0. The van der Waals surface area contributed by atoms with Crippen molar-refractivity contribution in [3.8, 4) is 0 Å². The average molecular weight is 150 g/mol. The highest BCUT2D eigenvalue weighted by molar-refractivity contribution is 5.77. The summed E-state index contributed by atoms with van der Waals surface area (Å²) in [7, 11) is 0. The third kappa shape index (κ3) is 2.57. The van der Waals surface area contributed by atoms with Gasteiger partial charge >= 0.3 is 11.9 Å². The second-order valence-electron chi connectivity index (χ2n) is 1.74. The first kappa shape index (κ1) is 9.07. The third-order valence-corrected chi connectivity index (χ3v) is 0.848. The van der Waals surface area contributed by atoms with Crippen LogP contribution in [-0.4, -0.2) is 17.0 Å². The van der Waals surface area contributed by atoms with Crippen LogP contribution in [0.1, 0.15) is 13.3 Å². The van der Waals surface area contributed by atoms with E-state index in [4.69, 9.17) is 5.11 Å². The molecule has 0 aromatic carbocycles. The summed E-state index contributed by atoms with van der Waals surface area (Å²) in [6, 6.07) is 0. The highest BCUT2D eigenvalue weighted by Crippen LogP contribution is 2.14. The Bertz CT molecular complexity index is 152. The van der Waals surface area contributed by atoms with Gasteiger partial charge in [-0.1, -0.05) is 13.0 Å². The lowest BCUT2D eigenvalue weighted by Gasteiger charge is -2.02. The number of aliphatic carboxylic acids is 1. The van der Waals surface area contributed by atoms with Gasteiger partial charge in [-0.2, -0.15) is 8.78 Å². The summed E-state index contributed by atoms with van der Waals surface area (Å²) in [5, 5.41) is 7.87. The molecule has 0 aliphatic heterocycles. The van der Waals surface area contributed by atoms with E-state index in [1.54, 1.807) is 6.92 Å². The summed E-state index contributed by atoms with van der Waals surface area (Å²) in [6.45, 7) is 1.65. The Morgan fingerprint density at radius 2 is 2.20 bits per heavy atom. The molecule has 0 heterocycles.